The maximum atomic E-state index is 7.18. The number of furan rings is 3. The van der Waals surface area contributed by atoms with Gasteiger partial charge < -0.3 is 18.2 Å². The molecular formula is C97H69NO3. The summed E-state index contributed by atoms with van der Waals surface area (Å²) in [5, 5.41) is 6.96. The van der Waals surface area contributed by atoms with Gasteiger partial charge >= 0.3 is 0 Å². The standard InChI is InChI=1S/C97H69NO3/c1-93(2)71-46-47-81-84(64-33-19-23-37-78(64)99-81)83(71)69-53-74-68(52-75(69)93)60-43-40-57(48-72(60)94(74,3)4)98(58-41-44-62-73(49-58)96(7,8)89-85(62)87-66-35-21-25-39-80(66)101-92(87)88-61-32-18-22-36-70(61)95(5,6)90(88)89)59-42-45-63-76(50-59)97(55-28-14-10-15-29-55,56-30-16-11-17-31-56)77-51-67(54-26-12-9-13-27-54)91-86(82(63)77)65-34-20-24-38-79(65)100-91/h9-53H,1-8H3. The van der Waals surface area contributed by atoms with Crippen LogP contribution in [0.15, 0.2) is 286 Å². The van der Waals surface area contributed by atoms with Crippen LogP contribution in [-0.2, 0) is 27.1 Å². The molecule has 0 saturated heterocycles. The summed E-state index contributed by atoms with van der Waals surface area (Å²) < 4.78 is 20.9. The third-order valence-electron chi connectivity index (χ3n) is 24.8. The van der Waals surface area contributed by atoms with Crippen LogP contribution >= 0.6 is 0 Å². The molecule has 101 heavy (non-hydrogen) atoms. The predicted molar refractivity (Wildman–Crippen MR) is 416 cm³/mol. The lowest BCUT2D eigenvalue weighted by Crippen LogP contribution is -2.29. The molecule has 0 spiro atoms. The van der Waals surface area contributed by atoms with Crippen molar-refractivity contribution in [1.82, 2.24) is 0 Å². The van der Waals surface area contributed by atoms with Crippen LogP contribution < -0.4 is 4.90 Å². The van der Waals surface area contributed by atoms with Crippen LogP contribution in [0.25, 0.3) is 133 Å². The summed E-state index contributed by atoms with van der Waals surface area (Å²) in [6.07, 6.45) is 0. The molecule has 0 bridgehead atoms. The van der Waals surface area contributed by atoms with E-state index < -0.39 is 10.8 Å². The summed E-state index contributed by atoms with van der Waals surface area (Å²) >= 11 is 0. The van der Waals surface area contributed by atoms with E-state index in [0.29, 0.717) is 0 Å². The molecule has 3 aromatic heterocycles. The third-order valence-corrected chi connectivity index (χ3v) is 24.8. The summed E-state index contributed by atoms with van der Waals surface area (Å²) in [7, 11) is 0. The van der Waals surface area contributed by atoms with Crippen molar-refractivity contribution < 1.29 is 13.3 Å². The normalized spacial score (nSPS) is 15.9. The molecule has 17 aromatic rings. The Kier molecular flexibility index (Phi) is 11.0. The van der Waals surface area contributed by atoms with Crippen molar-refractivity contribution in [3.8, 4) is 66.8 Å². The molecule has 22 rings (SSSR count). The molecule has 0 N–H and O–H groups in total. The lowest BCUT2D eigenvalue weighted by Gasteiger charge is -2.35. The van der Waals surface area contributed by atoms with Crippen LogP contribution in [-0.4, -0.2) is 0 Å². The van der Waals surface area contributed by atoms with E-state index in [-0.39, 0.29) is 16.2 Å². The van der Waals surface area contributed by atoms with Gasteiger partial charge in [-0.15, -0.1) is 0 Å². The van der Waals surface area contributed by atoms with Gasteiger partial charge in [-0.2, -0.15) is 0 Å². The highest BCUT2D eigenvalue weighted by Crippen LogP contribution is 2.66. The molecule has 0 atom stereocenters. The highest BCUT2D eigenvalue weighted by atomic mass is 16.3. The fourth-order valence-electron chi connectivity index (χ4n) is 20.3. The van der Waals surface area contributed by atoms with E-state index in [1.165, 1.54) is 133 Å². The van der Waals surface area contributed by atoms with Crippen molar-refractivity contribution in [3.05, 3.63) is 340 Å². The highest BCUT2D eigenvalue weighted by molar-refractivity contribution is 6.22. The van der Waals surface area contributed by atoms with Crippen LogP contribution in [0.5, 0.6) is 0 Å². The maximum absolute atomic E-state index is 7.18. The first kappa shape index (κ1) is 57.2. The fraction of sp³-hybridized carbons (Fsp3) is 0.134. The highest BCUT2D eigenvalue weighted by Gasteiger charge is 2.52. The third kappa shape index (κ3) is 7.10. The molecule has 3 heterocycles. The topological polar surface area (TPSA) is 42.7 Å². The lowest BCUT2D eigenvalue weighted by atomic mass is 9.67. The number of hydrogen-bond acceptors (Lipinski definition) is 4. The van der Waals surface area contributed by atoms with Crippen molar-refractivity contribution in [2.45, 2.75) is 82.5 Å². The monoisotopic (exact) mass is 1300 g/mol. The van der Waals surface area contributed by atoms with E-state index in [0.717, 1.165) is 83.2 Å². The Morgan fingerprint density at radius 2 is 0.683 bits per heavy atom. The zero-order chi connectivity index (χ0) is 67.5. The SMILES string of the molecule is CC1(C)c2cc(N(c3ccc4c(c3)C(C)(C)c3c5c(c6oc7ccccc7c6c3-4)-c3ccccc3C5(C)C)c3ccc4c(c3)C(c3ccccc3)(c3ccccc3)c3cc(-c5ccccc5)c5oc6ccccc6c5c3-4)ccc2-c2cc3c(cc21)-c1c(ccc2oc4ccccc4c12)C3(C)C. The van der Waals surface area contributed by atoms with Crippen LogP contribution in [0.2, 0.25) is 0 Å². The first-order valence-corrected chi connectivity index (χ1v) is 35.8. The molecule has 0 amide bonds. The first-order valence-electron chi connectivity index (χ1n) is 35.8. The molecular weight excluding hydrogens is 1230 g/mol. The van der Waals surface area contributed by atoms with Crippen LogP contribution in [0.1, 0.15) is 122 Å². The molecule has 0 aliphatic heterocycles. The smallest absolute Gasteiger partial charge is 0.144 e. The number of hydrogen-bond donors (Lipinski definition) is 0. The van der Waals surface area contributed by atoms with Crippen molar-refractivity contribution >= 4 is 82.9 Å². The van der Waals surface area contributed by atoms with Crippen LogP contribution in [0.3, 0.4) is 0 Å². The largest absolute Gasteiger partial charge is 0.456 e. The molecule has 0 unspecified atom stereocenters. The van der Waals surface area contributed by atoms with Gasteiger partial charge in [-0.25, -0.2) is 0 Å². The predicted octanol–water partition coefficient (Wildman–Crippen LogP) is 26.1. The number of para-hydroxylation sites is 3. The van der Waals surface area contributed by atoms with Gasteiger partial charge in [0.15, 0.2) is 0 Å². The Labute approximate surface area is 586 Å². The van der Waals surface area contributed by atoms with Gasteiger partial charge in [-0.05, 0) is 201 Å². The molecule has 480 valence electrons. The Morgan fingerprint density at radius 3 is 1.34 bits per heavy atom. The molecule has 5 aliphatic rings. The summed E-state index contributed by atoms with van der Waals surface area (Å²) in [5.41, 5.74) is 37.1. The molecule has 14 aromatic carbocycles. The van der Waals surface area contributed by atoms with Gasteiger partial charge in [0, 0.05) is 82.2 Å². The van der Waals surface area contributed by atoms with Crippen LogP contribution in [0.4, 0.5) is 17.1 Å². The Balaban J connectivity index is 0.806. The van der Waals surface area contributed by atoms with Gasteiger partial charge in [0.05, 0.1) is 5.41 Å². The number of anilines is 3. The Hall–Kier alpha value is -11.7. The quantitative estimate of drug-likeness (QED) is 0.166. The number of benzene rings is 14. The minimum absolute atomic E-state index is 0.241. The summed E-state index contributed by atoms with van der Waals surface area (Å²) in [6, 6.07) is 103. The number of nitrogens with zero attached hydrogens (tertiary/aromatic N) is 1. The van der Waals surface area contributed by atoms with E-state index in [1.807, 2.05) is 0 Å². The van der Waals surface area contributed by atoms with Gasteiger partial charge in [-0.1, -0.05) is 250 Å². The van der Waals surface area contributed by atoms with E-state index in [9.17, 15) is 0 Å². The summed E-state index contributed by atoms with van der Waals surface area (Å²) in [5.74, 6) is 0. The second-order valence-electron chi connectivity index (χ2n) is 31.3. The minimum Gasteiger partial charge on any atom is -0.456 e. The maximum Gasteiger partial charge on any atom is 0.144 e. The van der Waals surface area contributed by atoms with E-state index in [4.69, 9.17) is 13.3 Å². The van der Waals surface area contributed by atoms with E-state index in [1.54, 1.807) is 0 Å². The molecule has 0 fully saturated rings. The van der Waals surface area contributed by atoms with Crippen molar-refractivity contribution in [1.29, 1.82) is 0 Å². The second-order valence-corrected chi connectivity index (χ2v) is 31.3. The average molecular weight is 1300 g/mol. The van der Waals surface area contributed by atoms with Crippen molar-refractivity contribution in [2.24, 2.45) is 0 Å². The van der Waals surface area contributed by atoms with E-state index in [2.05, 4.69) is 333 Å². The molecule has 4 nitrogen and oxygen atoms in total. The molecule has 4 heteroatoms. The average Bonchev–Trinajstić information content (AvgIpc) is 1.53. The van der Waals surface area contributed by atoms with Gasteiger partial charge in [0.2, 0.25) is 0 Å². The number of fused-ring (bicyclic) bond motifs is 29. The lowest BCUT2D eigenvalue weighted by molar-refractivity contribution is 0.600. The zero-order valence-electron chi connectivity index (χ0n) is 57.7. The summed E-state index contributed by atoms with van der Waals surface area (Å²) in [4.78, 5) is 2.59. The number of rotatable bonds is 6. The van der Waals surface area contributed by atoms with Gasteiger partial charge in [0.25, 0.3) is 0 Å². The second kappa shape index (κ2) is 19.4. The first-order chi connectivity index (χ1) is 49.1. The van der Waals surface area contributed by atoms with Crippen molar-refractivity contribution in [3.63, 3.8) is 0 Å². The molecule has 0 saturated carbocycles. The molecule has 5 aliphatic carbocycles. The van der Waals surface area contributed by atoms with Crippen molar-refractivity contribution in [2.75, 3.05) is 4.90 Å². The Morgan fingerprint density at radius 1 is 0.248 bits per heavy atom. The zero-order valence-corrected chi connectivity index (χ0v) is 57.7. The van der Waals surface area contributed by atoms with E-state index >= 15 is 0 Å². The van der Waals surface area contributed by atoms with Crippen LogP contribution in [0, 0.1) is 0 Å². The Bertz CT molecular complexity index is 6520. The van der Waals surface area contributed by atoms with Gasteiger partial charge in [-0.3, -0.25) is 0 Å². The minimum atomic E-state index is -0.779. The fourth-order valence-corrected chi connectivity index (χ4v) is 20.3. The molecule has 0 radical (unpaired) electrons. The summed E-state index contributed by atoms with van der Waals surface area (Å²) in [6.45, 7) is 19.5. The van der Waals surface area contributed by atoms with Gasteiger partial charge in [0.1, 0.15) is 33.5 Å².